The van der Waals surface area contributed by atoms with Crippen molar-refractivity contribution in [1.29, 1.82) is 0 Å². The van der Waals surface area contributed by atoms with Crippen LogP contribution in [0.1, 0.15) is 17.2 Å². The minimum absolute atomic E-state index is 0.0403. The average Bonchev–Trinajstić information content (AvgIpc) is 3.31. The van der Waals surface area contributed by atoms with Crippen molar-refractivity contribution in [3.05, 3.63) is 108 Å². The summed E-state index contributed by atoms with van der Waals surface area (Å²) in [5.74, 6) is 0.434. The van der Waals surface area contributed by atoms with E-state index in [2.05, 4.69) is 20.1 Å². The zero-order valence-corrected chi connectivity index (χ0v) is 19.1. The molecule has 8 nitrogen and oxygen atoms in total. The largest absolute Gasteiger partial charge is 0.356 e. The summed E-state index contributed by atoms with van der Waals surface area (Å²) in [6, 6.07) is 26.9. The summed E-state index contributed by atoms with van der Waals surface area (Å²) in [4.78, 5) is 9.36. The summed E-state index contributed by atoms with van der Waals surface area (Å²) in [6.07, 6.45) is 2.72. The topological polar surface area (TPSA) is 102 Å². The van der Waals surface area contributed by atoms with E-state index in [1.54, 1.807) is 13.1 Å². The SMILES string of the molecule is Cn1cc(S(=O)(=O)Nc2nc3ccccc3nc2NC(c2ccccc2)c2ccccc2)cn1. The fraction of sp³-hybridized carbons (Fsp3) is 0.0800. The van der Waals surface area contributed by atoms with Gasteiger partial charge in [0, 0.05) is 13.2 Å². The Morgan fingerprint density at radius 3 is 1.82 bits per heavy atom. The lowest BCUT2D eigenvalue weighted by Crippen LogP contribution is -2.19. The molecule has 0 fully saturated rings. The van der Waals surface area contributed by atoms with Gasteiger partial charge < -0.3 is 5.32 Å². The molecule has 0 spiro atoms. The number of benzene rings is 3. The van der Waals surface area contributed by atoms with Crippen LogP contribution < -0.4 is 10.0 Å². The lowest BCUT2D eigenvalue weighted by Gasteiger charge is -2.22. The number of nitrogens with one attached hydrogen (secondary N) is 2. The molecule has 2 N–H and O–H groups in total. The maximum Gasteiger partial charge on any atom is 0.266 e. The Morgan fingerprint density at radius 1 is 0.765 bits per heavy atom. The highest BCUT2D eigenvalue weighted by atomic mass is 32.2. The fourth-order valence-corrected chi connectivity index (χ4v) is 4.67. The number of hydrogen-bond donors (Lipinski definition) is 2. The average molecular weight is 471 g/mol. The van der Waals surface area contributed by atoms with Gasteiger partial charge in [-0.3, -0.25) is 9.40 Å². The number of anilines is 2. The van der Waals surface area contributed by atoms with Crippen molar-refractivity contribution < 1.29 is 8.42 Å². The molecule has 5 rings (SSSR count). The van der Waals surface area contributed by atoms with Crippen molar-refractivity contribution in [2.75, 3.05) is 10.0 Å². The van der Waals surface area contributed by atoms with Gasteiger partial charge in [-0.2, -0.15) is 5.10 Å². The molecule has 2 heterocycles. The number of para-hydroxylation sites is 2. The molecule has 0 aliphatic carbocycles. The molecule has 9 heteroatoms. The molecule has 0 amide bonds. The number of aryl methyl sites for hydroxylation is 1. The predicted octanol–water partition coefficient (Wildman–Crippen LogP) is 4.37. The van der Waals surface area contributed by atoms with E-state index in [9.17, 15) is 8.42 Å². The van der Waals surface area contributed by atoms with E-state index in [4.69, 9.17) is 4.98 Å². The van der Waals surface area contributed by atoms with Gasteiger partial charge in [0.1, 0.15) is 4.90 Å². The molecule has 0 radical (unpaired) electrons. The van der Waals surface area contributed by atoms with Crippen molar-refractivity contribution in [3.63, 3.8) is 0 Å². The van der Waals surface area contributed by atoms with Crippen LogP contribution in [0.4, 0.5) is 11.6 Å². The second-order valence-corrected chi connectivity index (χ2v) is 9.45. The molecule has 0 saturated heterocycles. The first kappa shape index (κ1) is 21.6. The molecule has 2 aromatic heterocycles. The molecular weight excluding hydrogens is 448 g/mol. The number of rotatable bonds is 7. The summed E-state index contributed by atoms with van der Waals surface area (Å²) in [5, 5.41) is 7.40. The van der Waals surface area contributed by atoms with Gasteiger partial charge in [-0.05, 0) is 23.3 Å². The van der Waals surface area contributed by atoms with Crippen LogP contribution in [-0.2, 0) is 17.1 Å². The van der Waals surface area contributed by atoms with E-state index in [1.165, 1.54) is 17.1 Å². The smallest absolute Gasteiger partial charge is 0.266 e. The van der Waals surface area contributed by atoms with Gasteiger partial charge >= 0.3 is 0 Å². The minimum atomic E-state index is -3.92. The summed E-state index contributed by atoms with van der Waals surface area (Å²) in [6.45, 7) is 0. The number of nitrogens with zero attached hydrogens (tertiary/aromatic N) is 4. The summed E-state index contributed by atoms with van der Waals surface area (Å²) in [7, 11) is -2.27. The van der Waals surface area contributed by atoms with Crippen LogP contribution in [0, 0.1) is 0 Å². The molecule has 0 bridgehead atoms. The van der Waals surface area contributed by atoms with Gasteiger partial charge in [0.2, 0.25) is 0 Å². The van der Waals surface area contributed by atoms with Crippen LogP contribution in [0.25, 0.3) is 11.0 Å². The molecule has 0 saturated carbocycles. The van der Waals surface area contributed by atoms with Gasteiger partial charge in [0.05, 0.1) is 23.3 Å². The first-order chi connectivity index (χ1) is 16.5. The van der Waals surface area contributed by atoms with Gasteiger partial charge in [-0.25, -0.2) is 18.4 Å². The highest BCUT2D eigenvalue weighted by molar-refractivity contribution is 7.92. The molecule has 0 unspecified atom stereocenters. The third-order valence-electron chi connectivity index (χ3n) is 5.34. The molecule has 0 aliphatic rings. The van der Waals surface area contributed by atoms with Crippen LogP contribution >= 0.6 is 0 Å². The lowest BCUT2D eigenvalue weighted by molar-refractivity contribution is 0.601. The molecular formula is C25H22N6O2S. The number of aromatic nitrogens is 4. The van der Waals surface area contributed by atoms with E-state index >= 15 is 0 Å². The van der Waals surface area contributed by atoms with Crippen LogP contribution in [0.2, 0.25) is 0 Å². The van der Waals surface area contributed by atoms with Gasteiger partial charge in [0.15, 0.2) is 11.6 Å². The second kappa shape index (κ2) is 8.95. The fourth-order valence-electron chi connectivity index (χ4n) is 3.68. The van der Waals surface area contributed by atoms with E-state index < -0.39 is 10.0 Å². The standard InChI is InChI=1S/C25H22N6O2S/c1-31-17-20(16-26-31)34(32,33)30-25-24(27-21-14-8-9-15-22(21)28-25)29-23(18-10-4-2-5-11-18)19-12-6-3-7-13-19/h2-17,23H,1H3,(H,27,29)(H,28,30). The first-order valence-electron chi connectivity index (χ1n) is 10.6. The maximum atomic E-state index is 13.1. The molecule has 170 valence electrons. The van der Waals surface area contributed by atoms with Gasteiger partial charge in [0.25, 0.3) is 10.0 Å². The minimum Gasteiger partial charge on any atom is -0.356 e. The van der Waals surface area contributed by atoms with E-state index in [0.29, 0.717) is 16.9 Å². The van der Waals surface area contributed by atoms with Gasteiger partial charge in [-0.1, -0.05) is 72.8 Å². The Hall–Kier alpha value is -4.24. The second-order valence-electron chi connectivity index (χ2n) is 7.76. The quantitative estimate of drug-likeness (QED) is 0.366. The van der Waals surface area contributed by atoms with Crippen LogP contribution in [0.15, 0.2) is 102 Å². The Kier molecular flexibility index (Phi) is 5.69. The monoisotopic (exact) mass is 470 g/mol. The summed E-state index contributed by atoms with van der Waals surface area (Å²) >= 11 is 0. The number of sulfonamides is 1. The third-order valence-corrected chi connectivity index (χ3v) is 6.63. The Morgan fingerprint density at radius 2 is 1.29 bits per heavy atom. The Balaban J connectivity index is 1.61. The van der Waals surface area contributed by atoms with Crippen LogP contribution in [0.3, 0.4) is 0 Å². The van der Waals surface area contributed by atoms with E-state index in [1.807, 2.05) is 78.9 Å². The molecule has 5 aromatic rings. The number of hydrogen-bond acceptors (Lipinski definition) is 6. The predicted molar refractivity (Wildman–Crippen MR) is 132 cm³/mol. The van der Waals surface area contributed by atoms with E-state index in [0.717, 1.165) is 11.1 Å². The van der Waals surface area contributed by atoms with E-state index in [-0.39, 0.29) is 16.8 Å². The third kappa shape index (κ3) is 4.46. The molecule has 0 aliphatic heterocycles. The van der Waals surface area contributed by atoms with Crippen molar-refractivity contribution in [3.8, 4) is 0 Å². The maximum absolute atomic E-state index is 13.1. The number of fused-ring (bicyclic) bond motifs is 1. The molecule has 3 aromatic carbocycles. The highest BCUT2D eigenvalue weighted by Crippen LogP contribution is 2.31. The Labute approximate surface area is 197 Å². The lowest BCUT2D eigenvalue weighted by atomic mass is 9.99. The van der Waals surface area contributed by atoms with Crippen molar-refractivity contribution in [1.82, 2.24) is 19.7 Å². The normalized spacial score (nSPS) is 11.6. The van der Waals surface area contributed by atoms with Crippen LogP contribution in [-0.4, -0.2) is 28.2 Å². The zero-order chi connectivity index (χ0) is 23.5. The molecule has 34 heavy (non-hydrogen) atoms. The van der Waals surface area contributed by atoms with Crippen LogP contribution in [0.5, 0.6) is 0 Å². The summed E-state index contributed by atoms with van der Waals surface area (Å²) in [5.41, 5.74) is 3.23. The van der Waals surface area contributed by atoms with Crippen molar-refractivity contribution >= 4 is 32.7 Å². The first-order valence-corrected chi connectivity index (χ1v) is 12.1. The highest BCUT2D eigenvalue weighted by Gasteiger charge is 2.23. The molecule has 0 atom stereocenters. The van der Waals surface area contributed by atoms with Crippen molar-refractivity contribution in [2.24, 2.45) is 7.05 Å². The zero-order valence-electron chi connectivity index (χ0n) is 18.3. The van der Waals surface area contributed by atoms with Crippen molar-refractivity contribution in [2.45, 2.75) is 10.9 Å². The summed E-state index contributed by atoms with van der Waals surface area (Å²) < 4.78 is 30.2. The van der Waals surface area contributed by atoms with Gasteiger partial charge in [-0.15, -0.1) is 0 Å². The Bertz CT molecular complexity index is 1500.